The number of carbonyl (C=O) groups excluding carboxylic acids is 1. The summed E-state index contributed by atoms with van der Waals surface area (Å²) in [5, 5.41) is 4.17. The molecule has 21 heavy (non-hydrogen) atoms. The summed E-state index contributed by atoms with van der Waals surface area (Å²) >= 11 is 0. The Morgan fingerprint density at radius 1 is 1.33 bits per heavy atom. The average Bonchev–Trinajstić information content (AvgIpc) is 2.94. The Labute approximate surface area is 123 Å². The number of piperidine rings is 1. The Morgan fingerprint density at radius 2 is 2.19 bits per heavy atom. The fourth-order valence-corrected chi connectivity index (χ4v) is 2.77. The van der Waals surface area contributed by atoms with E-state index in [0.29, 0.717) is 0 Å². The fraction of sp³-hybridized carbons (Fsp3) is 0.467. The van der Waals surface area contributed by atoms with Crippen LogP contribution in [-0.4, -0.2) is 43.6 Å². The van der Waals surface area contributed by atoms with Crippen LogP contribution in [0, 0.1) is 0 Å². The zero-order valence-corrected chi connectivity index (χ0v) is 12.4. The Kier molecular flexibility index (Phi) is 3.68. The lowest BCUT2D eigenvalue weighted by Crippen LogP contribution is -2.37. The molecule has 6 nitrogen and oxygen atoms in total. The number of rotatable bonds is 2. The first-order chi connectivity index (χ1) is 10.1. The predicted octanol–water partition coefficient (Wildman–Crippen LogP) is 1.60. The zero-order chi connectivity index (χ0) is 14.8. The van der Waals surface area contributed by atoms with Gasteiger partial charge >= 0.3 is 0 Å². The SMILES string of the molecule is CC(=O)N1CCC[C@H](c2cncc(-c3cnn(C)c3)n2)C1. The van der Waals surface area contributed by atoms with Crippen molar-refractivity contribution in [2.24, 2.45) is 7.05 Å². The van der Waals surface area contributed by atoms with Crippen LogP contribution in [0.2, 0.25) is 0 Å². The van der Waals surface area contributed by atoms with Crippen LogP contribution in [-0.2, 0) is 11.8 Å². The number of likely N-dealkylation sites (tertiary alicyclic amines) is 1. The minimum absolute atomic E-state index is 0.135. The molecule has 1 fully saturated rings. The van der Waals surface area contributed by atoms with Crippen LogP contribution in [0.1, 0.15) is 31.4 Å². The highest BCUT2D eigenvalue weighted by atomic mass is 16.2. The van der Waals surface area contributed by atoms with Crippen LogP contribution < -0.4 is 0 Å². The molecule has 1 amide bonds. The summed E-state index contributed by atoms with van der Waals surface area (Å²) in [5.74, 6) is 0.405. The minimum atomic E-state index is 0.135. The first-order valence-electron chi connectivity index (χ1n) is 7.20. The highest BCUT2D eigenvalue weighted by Gasteiger charge is 2.24. The van der Waals surface area contributed by atoms with Crippen LogP contribution in [0.4, 0.5) is 0 Å². The zero-order valence-electron chi connectivity index (χ0n) is 12.4. The summed E-state index contributed by atoms with van der Waals surface area (Å²) in [4.78, 5) is 22.5. The lowest BCUT2D eigenvalue weighted by Gasteiger charge is -2.31. The van der Waals surface area contributed by atoms with Crippen molar-refractivity contribution in [2.75, 3.05) is 13.1 Å². The molecule has 3 rings (SSSR count). The van der Waals surface area contributed by atoms with Crippen LogP contribution in [0.15, 0.2) is 24.8 Å². The second-order valence-corrected chi connectivity index (χ2v) is 5.54. The molecule has 0 aromatic carbocycles. The maximum atomic E-state index is 11.5. The van der Waals surface area contributed by atoms with Crippen molar-refractivity contribution in [3.63, 3.8) is 0 Å². The van der Waals surface area contributed by atoms with Crippen molar-refractivity contribution in [1.82, 2.24) is 24.6 Å². The molecule has 0 unspecified atom stereocenters. The maximum Gasteiger partial charge on any atom is 0.219 e. The molecule has 3 heterocycles. The highest BCUT2D eigenvalue weighted by molar-refractivity contribution is 5.73. The highest BCUT2D eigenvalue weighted by Crippen LogP contribution is 2.26. The molecule has 1 atom stereocenters. The van der Waals surface area contributed by atoms with Gasteiger partial charge in [0.15, 0.2) is 0 Å². The molecular weight excluding hydrogens is 266 g/mol. The van der Waals surface area contributed by atoms with E-state index in [1.807, 2.05) is 24.3 Å². The van der Waals surface area contributed by atoms with Gasteiger partial charge in [-0.2, -0.15) is 5.10 Å². The van der Waals surface area contributed by atoms with E-state index < -0.39 is 0 Å². The molecule has 0 aliphatic carbocycles. The van der Waals surface area contributed by atoms with Gasteiger partial charge in [-0.1, -0.05) is 0 Å². The fourth-order valence-electron chi connectivity index (χ4n) is 2.77. The molecule has 0 radical (unpaired) electrons. The molecule has 0 spiro atoms. The molecule has 1 aliphatic rings. The van der Waals surface area contributed by atoms with Gasteiger partial charge < -0.3 is 4.90 Å². The summed E-state index contributed by atoms with van der Waals surface area (Å²) in [5.41, 5.74) is 2.76. The maximum absolute atomic E-state index is 11.5. The summed E-state index contributed by atoms with van der Waals surface area (Å²) in [6.45, 7) is 3.21. The number of carbonyl (C=O) groups is 1. The van der Waals surface area contributed by atoms with E-state index in [2.05, 4.69) is 10.1 Å². The topological polar surface area (TPSA) is 63.9 Å². The van der Waals surface area contributed by atoms with E-state index in [9.17, 15) is 4.79 Å². The Bertz CT molecular complexity index is 651. The van der Waals surface area contributed by atoms with Crippen molar-refractivity contribution in [2.45, 2.75) is 25.7 Å². The number of amides is 1. The van der Waals surface area contributed by atoms with Crippen LogP contribution in [0.5, 0.6) is 0 Å². The number of aryl methyl sites for hydroxylation is 1. The van der Waals surface area contributed by atoms with E-state index in [0.717, 1.165) is 42.9 Å². The molecule has 2 aromatic rings. The normalized spacial score (nSPS) is 18.8. The molecule has 1 saturated heterocycles. The predicted molar refractivity (Wildman–Crippen MR) is 78.5 cm³/mol. The Morgan fingerprint density at radius 3 is 2.90 bits per heavy atom. The van der Waals surface area contributed by atoms with Crippen molar-refractivity contribution < 1.29 is 4.79 Å². The van der Waals surface area contributed by atoms with Gasteiger partial charge in [0.1, 0.15) is 0 Å². The van der Waals surface area contributed by atoms with Gasteiger partial charge in [0.05, 0.1) is 23.8 Å². The van der Waals surface area contributed by atoms with Crippen molar-refractivity contribution in [1.29, 1.82) is 0 Å². The second-order valence-electron chi connectivity index (χ2n) is 5.54. The average molecular weight is 285 g/mol. The summed E-state index contributed by atoms with van der Waals surface area (Å²) in [7, 11) is 1.88. The van der Waals surface area contributed by atoms with E-state index in [1.165, 1.54) is 0 Å². The third kappa shape index (κ3) is 2.94. The molecule has 1 aliphatic heterocycles. The smallest absolute Gasteiger partial charge is 0.219 e. The lowest BCUT2D eigenvalue weighted by molar-refractivity contribution is -0.130. The largest absolute Gasteiger partial charge is 0.342 e. The van der Waals surface area contributed by atoms with Crippen LogP contribution in [0.3, 0.4) is 0 Å². The van der Waals surface area contributed by atoms with Crippen molar-refractivity contribution in [3.8, 4) is 11.3 Å². The van der Waals surface area contributed by atoms with E-state index in [1.54, 1.807) is 24.0 Å². The third-order valence-corrected chi connectivity index (χ3v) is 3.94. The van der Waals surface area contributed by atoms with E-state index >= 15 is 0 Å². The first kappa shape index (κ1) is 13.7. The molecule has 0 saturated carbocycles. The summed E-state index contributed by atoms with van der Waals surface area (Å²) in [6, 6.07) is 0. The van der Waals surface area contributed by atoms with Crippen LogP contribution >= 0.6 is 0 Å². The van der Waals surface area contributed by atoms with Crippen molar-refractivity contribution >= 4 is 5.91 Å². The standard InChI is InChI=1S/C15H19N5O/c1-11(21)20-5-3-4-12(10-20)14-7-16-8-15(18-14)13-6-17-19(2)9-13/h6-9,12H,3-5,10H2,1-2H3/t12-/m0/s1. The monoisotopic (exact) mass is 285 g/mol. The molecule has 110 valence electrons. The number of hydrogen-bond donors (Lipinski definition) is 0. The minimum Gasteiger partial charge on any atom is -0.342 e. The van der Waals surface area contributed by atoms with Crippen LogP contribution in [0.25, 0.3) is 11.3 Å². The van der Waals surface area contributed by atoms with Gasteiger partial charge in [0.25, 0.3) is 0 Å². The summed E-state index contributed by atoms with van der Waals surface area (Å²) in [6.07, 6.45) is 9.35. The lowest BCUT2D eigenvalue weighted by atomic mass is 9.95. The van der Waals surface area contributed by atoms with Gasteiger partial charge in [-0.3, -0.25) is 14.5 Å². The molecule has 0 N–H and O–H groups in total. The van der Waals surface area contributed by atoms with Gasteiger partial charge in [-0.25, -0.2) is 4.98 Å². The third-order valence-electron chi connectivity index (χ3n) is 3.94. The van der Waals surface area contributed by atoms with Gasteiger partial charge in [-0.05, 0) is 12.8 Å². The molecule has 0 bridgehead atoms. The summed E-state index contributed by atoms with van der Waals surface area (Å²) < 4.78 is 1.75. The van der Waals surface area contributed by atoms with Gasteiger partial charge in [-0.15, -0.1) is 0 Å². The number of hydrogen-bond acceptors (Lipinski definition) is 4. The number of nitrogens with zero attached hydrogens (tertiary/aromatic N) is 5. The Balaban J connectivity index is 1.84. The van der Waals surface area contributed by atoms with Gasteiger partial charge in [0, 0.05) is 50.9 Å². The van der Waals surface area contributed by atoms with E-state index in [4.69, 9.17) is 4.98 Å². The van der Waals surface area contributed by atoms with Crippen molar-refractivity contribution in [3.05, 3.63) is 30.5 Å². The first-order valence-corrected chi connectivity index (χ1v) is 7.20. The molecule has 6 heteroatoms. The van der Waals surface area contributed by atoms with E-state index in [-0.39, 0.29) is 11.8 Å². The number of aromatic nitrogens is 4. The second kappa shape index (κ2) is 5.63. The molecule has 2 aromatic heterocycles. The quantitative estimate of drug-likeness (QED) is 0.841. The molecular formula is C15H19N5O. The Hall–Kier alpha value is -2.24. The van der Waals surface area contributed by atoms with Gasteiger partial charge in [0.2, 0.25) is 5.91 Å².